The Bertz CT molecular complexity index is 662. The van der Waals surface area contributed by atoms with Crippen molar-refractivity contribution in [2.75, 3.05) is 13.2 Å². The quantitative estimate of drug-likeness (QED) is 0.906. The van der Waals surface area contributed by atoms with Crippen LogP contribution in [0.2, 0.25) is 0 Å². The molecule has 2 aromatic rings. The lowest BCUT2D eigenvalue weighted by Crippen LogP contribution is -2.39. The maximum Gasteiger partial charge on any atom is 0.274 e. The normalized spacial score (nSPS) is 20.0. The number of ether oxygens (including phenoxy) is 1. The molecule has 0 saturated carbocycles. The van der Waals surface area contributed by atoms with Crippen molar-refractivity contribution in [1.29, 1.82) is 0 Å². The van der Waals surface area contributed by atoms with Gasteiger partial charge in [-0.25, -0.2) is 4.68 Å². The van der Waals surface area contributed by atoms with Gasteiger partial charge in [-0.05, 0) is 25.8 Å². The molecule has 0 bridgehead atoms. The first-order chi connectivity index (χ1) is 10.3. The summed E-state index contributed by atoms with van der Waals surface area (Å²) in [6, 6.07) is 7.86. The number of benzene rings is 1. The van der Waals surface area contributed by atoms with Crippen LogP contribution in [0.1, 0.15) is 19.8 Å². The van der Waals surface area contributed by atoms with Gasteiger partial charge in [0, 0.05) is 24.6 Å². The molecule has 112 valence electrons. The van der Waals surface area contributed by atoms with E-state index in [1.54, 1.807) is 6.20 Å². The molecule has 1 aliphatic heterocycles. The Kier molecular flexibility index (Phi) is 4.31. The Balaban J connectivity index is 1.63. The van der Waals surface area contributed by atoms with E-state index in [9.17, 15) is 4.79 Å². The second kappa shape index (κ2) is 6.37. The maximum atomic E-state index is 12.3. The molecule has 2 atom stereocenters. The Morgan fingerprint density at radius 2 is 2.33 bits per heavy atom. The molecule has 0 radical (unpaired) electrons. The van der Waals surface area contributed by atoms with Gasteiger partial charge in [-0.3, -0.25) is 4.79 Å². The first-order valence-corrected chi connectivity index (χ1v) is 7.55. The standard InChI is InChI=1S/C16H21N3O2/c1-12(15-7-4-10-21-15)17-8-9-19-16(20)14-6-3-2-5-13(14)11-18-19/h2-3,5-6,11-12,15,17H,4,7-10H2,1H3. The highest BCUT2D eigenvalue weighted by Crippen LogP contribution is 2.15. The van der Waals surface area contributed by atoms with Crippen LogP contribution in [0.4, 0.5) is 0 Å². The minimum atomic E-state index is -0.0281. The van der Waals surface area contributed by atoms with Crippen LogP contribution < -0.4 is 10.9 Å². The largest absolute Gasteiger partial charge is 0.377 e. The molecule has 1 aliphatic rings. The lowest BCUT2D eigenvalue weighted by Gasteiger charge is -2.20. The molecule has 2 heterocycles. The van der Waals surface area contributed by atoms with Crippen molar-refractivity contribution in [1.82, 2.24) is 15.1 Å². The van der Waals surface area contributed by atoms with Gasteiger partial charge in [-0.1, -0.05) is 18.2 Å². The summed E-state index contributed by atoms with van der Waals surface area (Å²) < 4.78 is 7.18. The SMILES string of the molecule is CC(NCCn1ncc2ccccc2c1=O)C1CCCO1. The molecule has 3 rings (SSSR count). The average molecular weight is 287 g/mol. The third kappa shape index (κ3) is 3.14. The van der Waals surface area contributed by atoms with Crippen molar-refractivity contribution < 1.29 is 4.74 Å². The van der Waals surface area contributed by atoms with Gasteiger partial charge < -0.3 is 10.1 Å². The summed E-state index contributed by atoms with van der Waals surface area (Å²) in [6.45, 7) is 4.28. The molecule has 0 amide bonds. The fourth-order valence-corrected chi connectivity index (χ4v) is 2.81. The number of aromatic nitrogens is 2. The van der Waals surface area contributed by atoms with Crippen LogP contribution >= 0.6 is 0 Å². The summed E-state index contributed by atoms with van der Waals surface area (Å²) in [5.74, 6) is 0. The molecule has 5 heteroatoms. The number of hydrogen-bond acceptors (Lipinski definition) is 4. The van der Waals surface area contributed by atoms with Crippen LogP contribution in [-0.4, -0.2) is 35.1 Å². The van der Waals surface area contributed by atoms with Crippen molar-refractivity contribution >= 4 is 10.8 Å². The number of nitrogens with zero attached hydrogens (tertiary/aromatic N) is 2. The summed E-state index contributed by atoms with van der Waals surface area (Å²) in [5.41, 5.74) is -0.0281. The summed E-state index contributed by atoms with van der Waals surface area (Å²) >= 11 is 0. The van der Waals surface area contributed by atoms with Gasteiger partial charge in [0.1, 0.15) is 0 Å². The van der Waals surface area contributed by atoms with E-state index in [1.165, 1.54) is 4.68 Å². The topological polar surface area (TPSA) is 56.2 Å². The van der Waals surface area contributed by atoms with Gasteiger partial charge in [-0.2, -0.15) is 5.10 Å². The zero-order valence-electron chi connectivity index (χ0n) is 12.3. The number of nitrogens with one attached hydrogen (secondary N) is 1. The van der Waals surface area contributed by atoms with E-state index in [2.05, 4.69) is 17.3 Å². The van der Waals surface area contributed by atoms with E-state index >= 15 is 0 Å². The van der Waals surface area contributed by atoms with E-state index in [1.807, 2.05) is 24.3 Å². The van der Waals surface area contributed by atoms with E-state index in [4.69, 9.17) is 4.74 Å². The van der Waals surface area contributed by atoms with Gasteiger partial charge in [0.2, 0.25) is 0 Å². The highest BCUT2D eigenvalue weighted by molar-refractivity contribution is 5.80. The average Bonchev–Trinajstić information content (AvgIpc) is 3.04. The van der Waals surface area contributed by atoms with Crippen molar-refractivity contribution in [2.24, 2.45) is 0 Å². The minimum absolute atomic E-state index is 0.0281. The number of hydrogen-bond donors (Lipinski definition) is 1. The lowest BCUT2D eigenvalue weighted by atomic mass is 10.1. The minimum Gasteiger partial charge on any atom is -0.377 e. The van der Waals surface area contributed by atoms with Crippen LogP contribution in [0.5, 0.6) is 0 Å². The highest BCUT2D eigenvalue weighted by atomic mass is 16.5. The first kappa shape index (κ1) is 14.2. The Morgan fingerprint density at radius 1 is 1.48 bits per heavy atom. The molecular formula is C16H21N3O2. The molecule has 1 fully saturated rings. The number of fused-ring (bicyclic) bond motifs is 1. The molecular weight excluding hydrogens is 266 g/mol. The van der Waals surface area contributed by atoms with E-state index in [-0.39, 0.29) is 5.56 Å². The highest BCUT2D eigenvalue weighted by Gasteiger charge is 2.21. The predicted molar refractivity (Wildman–Crippen MR) is 82.4 cm³/mol. The molecule has 21 heavy (non-hydrogen) atoms. The molecule has 1 N–H and O–H groups in total. The molecule has 0 spiro atoms. The smallest absolute Gasteiger partial charge is 0.274 e. The van der Waals surface area contributed by atoms with Crippen molar-refractivity contribution in [3.8, 4) is 0 Å². The monoisotopic (exact) mass is 287 g/mol. The molecule has 1 aromatic heterocycles. The van der Waals surface area contributed by atoms with Crippen molar-refractivity contribution in [3.05, 3.63) is 40.8 Å². The Hall–Kier alpha value is -1.72. The second-order valence-electron chi connectivity index (χ2n) is 5.55. The fraction of sp³-hybridized carbons (Fsp3) is 0.500. The molecule has 0 aliphatic carbocycles. The van der Waals surface area contributed by atoms with Gasteiger partial charge in [0.15, 0.2) is 0 Å². The molecule has 5 nitrogen and oxygen atoms in total. The van der Waals surface area contributed by atoms with Crippen LogP contribution in [0.3, 0.4) is 0 Å². The zero-order valence-corrected chi connectivity index (χ0v) is 12.3. The van der Waals surface area contributed by atoms with Crippen LogP contribution in [0, 0.1) is 0 Å². The Labute approximate surface area is 123 Å². The van der Waals surface area contributed by atoms with Crippen LogP contribution in [0.25, 0.3) is 10.8 Å². The van der Waals surface area contributed by atoms with Crippen LogP contribution in [0.15, 0.2) is 35.3 Å². The summed E-state index contributed by atoms with van der Waals surface area (Å²) in [6.07, 6.45) is 4.30. The summed E-state index contributed by atoms with van der Waals surface area (Å²) in [7, 11) is 0. The van der Waals surface area contributed by atoms with Gasteiger partial charge in [0.25, 0.3) is 5.56 Å². The third-order valence-corrected chi connectivity index (χ3v) is 4.07. The zero-order chi connectivity index (χ0) is 14.7. The Morgan fingerprint density at radius 3 is 3.14 bits per heavy atom. The second-order valence-corrected chi connectivity index (χ2v) is 5.55. The van der Waals surface area contributed by atoms with Crippen molar-refractivity contribution in [3.63, 3.8) is 0 Å². The van der Waals surface area contributed by atoms with E-state index in [0.717, 1.165) is 30.2 Å². The first-order valence-electron chi connectivity index (χ1n) is 7.55. The summed E-state index contributed by atoms with van der Waals surface area (Å²) in [5, 5.41) is 9.27. The lowest BCUT2D eigenvalue weighted by molar-refractivity contribution is 0.0834. The molecule has 1 aromatic carbocycles. The van der Waals surface area contributed by atoms with E-state index < -0.39 is 0 Å². The van der Waals surface area contributed by atoms with E-state index in [0.29, 0.717) is 25.2 Å². The van der Waals surface area contributed by atoms with Gasteiger partial charge in [-0.15, -0.1) is 0 Å². The maximum absolute atomic E-state index is 12.3. The van der Waals surface area contributed by atoms with Crippen molar-refractivity contribution in [2.45, 2.75) is 38.5 Å². The van der Waals surface area contributed by atoms with Gasteiger partial charge >= 0.3 is 0 Å². The predicted octanol–water partition coefficient (Wildman–Crippen LogP) is 1.55. The molecule has 1 saturated heterocycles. The fourth-order valence-electron chi connectivity index (χ4n) is 2.81. The third-order valence-electron chi connectivity index (χ3n) is 4.07. The van der Waals surface area contributed by atoms with Gasteiger partial charge in [0.05, 0.1) is 24.2 Å². The molecule has 2 unspecified atom stereocenters. The van der Waals surface area contributed by atoms with Crippen LogP contribution in [-0.2, 0) is 11.3 Å². The summed E-state index contributed by atoms with van der Waals surface area (Å²) in [4.78, 5) is 12.3. The number of rotatable bonds is 5.